The van der Waals surface area contributed by atoms with Crippen molar-refractivity contribution in [3.63, 3.8) is 0 Å². The second-order valence-electron chi connectivity index (χ2n) is 3.07. The van der Waals surface area contributed by atoms with E-state index in [1.165, 1.54) is 18.2 Å². The number of rotatable bonds is 3. The van der Waals surface area contributed by atoms with E-state index in [0.29, 0.717) is 6.42 Å². The molecule has 0 unspecified atom stereocenters. The van der Waals surface area contributed by atoms with E-state index in [0.717, 1.165) is 0 Å². The molecule has 0 aromatic heterocycles. The Balaban J connectivity index is 2.58. The molecule has 16 heavy (non-hydrogen) atoms. The molecular weight excluding hydrogens is 213 g/mol. The van der Waals surface area contributed by atoms with E-state index in [-0.39, 0.29) is 12.3 Å². The van der Waals surface area contributed by atoms with Crippen LogP contribution in [0.25, 0.3) is 0 Å². The number of anilines is 1. The van der Waals surface area contributed by atoms with Gasteiger partial charge in [0.05, 0.1) is 12.3 Å². The molecule has 0 bridgehead atoms. The first kappa shape index (κ1) is 12.2. The summed E-state index contributed by atoms with van der Waals surface area (Å²) in [5.41, 5.74) is -0.0408. The molecule has 0 saturated heterocycles. The van der Waals surface area contributed by atoms with Gasteiger partial charge in [-0.2, -0.15) is 0 Å². The number of benzene rings is 1. The van der Waals surface area contributed by atoms with Gasteiger partial charge in [0.25, 0.3) is 0 Å². The number of para-hydroxylation sites is 1. The van der Waals surface area contributed by atoms with Crippen molar-refractivity contribution in [2.24, 2.45) is 0 Å². The standard InChI is InChI=1S/C11H12FNO3/c1-2-7-16-11(15)10(14)13-9-6-4-3-5-8(9)12/h3-6H,2,7H2,1H3,(H,13,14). The zero-order valence-corrected chi connectivity index (χ0v) is 8.83. The molecule has 1 aromatic carbocycles. The molecule has 0 aliphatic rings. The van der Waals surface area contributed by atoms with Crippen LogP contribution in [-0.4, -0.2) is 18.5 Å². The number of nitrogens with one attached hydrogen (secondary N) is 1. The largest absolute Gasteiger partial charge is 0.459 e. The highest BCUT2D eigenvalue weighted by atomic mass is 19.1. The fourth-order valence-electron chi connectivity index (χ4n) is 0.996. The van der Waals surface area contributed by atoms with E-state index in [1.807, 2.05) is 6.92 Å². The molecule has 0 atom stereocenters. The smallest absolute Gasteiger partial charge is 0.397 e. The van der Waals surface area contributed by atoms with E-state index in [1.54, 1.807) is 6.07 Å². The lowest BCUT2D eigenvalue weighted by Crippen LogP contribution is -2.25. The summed E-state index contributed by atoms with van der Waals surface area (Å²) in [5, 5.41) is 2.13. The molecule has 0 spiro atoms. The van der Waals surface area contributed by atoms with Gasteiger partial charge in [-0.05, 0) is 18.6 Å². The van der Waals surface area contributed by atoms with Gasteiger partial charge >= 0.3 is 11.9 Å². The summed E-state index contributed by atoms with van der Waals surface area (Å²) in [6.45, 7) is 1.98. The summed E-state index contributed by atoms with van der Waals surface area (Å²) >= 11 is 0. The van der Waals surface area contributed by atoms with Crippen LogP contribution in [0, 0.1) is 5.82 Å². The van der Waals surface area contributed by atoms with Crippen LogP contribution in [0.1, 0.15) is 13.3 Å². The molecule has 0 radical (unpaired) electrons. The van der Waals surface area contributed by atoms with Crippen LogP contribution < -0.4 is 5.32 Å². The van der Waals surface area contributed by atoms with Crippen molar-refractivity contribution < 1.29 is 18.7 Å². The third-order valence-corrected chi connectivity index (χ3v) is 1.74. The molecule has 0 aliphatic heterocycles. The van der Waals surface area contributed by atoms with Crippen LogP contribution in [0.4, 0.5) is 10.1 Å². The van der Waals surface area contributed by atoms with Gasteiger partial charge < -0.3 is 10.1 Å². The van der Waals surface area contributed by atoms with Gasteiger partial charge in [0.2, 0.25) is 0 Å². The Kier molecular flexibility index (Phi) is 4.44. The molecule has 86 valence electrons. The van der Waals surface area contributed by atoms with Gasteiger partial charge in [0, 0.05) is 0 Å². The highest BCUT2D eigenvalue weighted by molar-refractivity contribution is 6.37. The number of esters is 1. The van der Waals surface area contributed by atoms with E-state index >= 15 is 0 Å². The van der Waals surface area contributed by atoms with Crippen molar-refractivity contribution >= 4 is 17.6 Å². The van der Waals surface area contributed by atoms with Crippen LogP contribution in [-0.2, 0) is 14.3 Å². The third-order valence-electron chi connectivity index (χ3n) is 1.74. The minimum absolute atomic E-state index is 0.0408. The first-order chi connectivity index (χ1) is 7.65. The van der Waals surface area contributed by atoms with Crippen LogP contribution in [0.15, 0.2) is 24.3 Å². The molecule has 4 nitrogen and oxygen atoms in total. The summed E-state index contributed by atoms with van der Waals surface area (Å²) in [6.07, 6.45) is 0.624. The Hall–Kier alpha value is -1.91. The van der Waals surface area contributed by atoms with Crippen molar-refractivity contribution in [3.05, 3.63) is 30.1 Å². The average molecular weight is 225 g/mol. The molecular formula is C11H12FNO3. The fourth-order valence-corrected chi connectivity index (χ4v) is 0.996. The van der Waals surface area contributed by atoms with Gasteiger partial charge in [-0.3, -0.25) is 4.79 Å². The normalized spacial score (nSPS) is 9.62. The minimum Gasteiger partial charge on any atom is -0.459 e. The molecule has 1 amide bonds. The van der Waals surface area contributed by atoms with E-state index in [4.69, 9.17) is 0 Å². The Labute approximate surface area is 92.4 Å². The maximum Gasteiger partial charge on any atom is 0.397 e. The molecule has 0 saturated carbocycles. The third kappa shape index (κ3) is 3.34. The molecule has 1 rings (SSSR count). The summed E-state index contributed by atoms with van der Waals surface area (Å²) in [7, 11) is 0. The monoisotopic (exact) mass is 225 g/mol. The van der Waals surface area contributed by atoms with Crippen molar-refractivity contribution in [1.82, 2.24) is 0 Å². The van der Waals surface area contributed by atoms with E-state index in [2.05, 4.69) is 10.1 Å². The number of ether oxygens (including phenoxy) is 1. The predicted octanol–water partition coefficient (Wildman–Crippen LogP) is 1.72. The van der Waals surface area contributed by atoms with Crippen molar-refractivity contribution in [2.75, 3.05) is 11.9 Å². The Morgan fingerprint density at radius 1 is 1.38 bits per heavy atom. The average Bonchev–Trinajstić information content (AvgIpc) is 2.28. The Morgan fingerprint density at radius 3 is 2.69 bits per heavy atom. The van der Waals surface area contributed by atoms with Crippen molar-refractivity contribution in [1.29, 1.82) is 0 Å². The Bertz CT molecular complexity index is 393. The van der Waals surface area contributed by atoms with Crippen LogP contribution in [0.3, 0.4) is 0 Å². The molecule has 5 heteroatoms. The predicted molar refractivity (Wildman–Crippen MR) is 56.3 cm³/mol. The summed E-state index contributed by atoms with van der Waals surface area (Å²) in [6, 6.07) is 5.59. The molecule has 0 aliphatic carbocycles. The van der Waals surface area contributed by atoms with Gasteiger partial charge in [-0.1, -0.05) is 19.1 Å². The molecule has 1 aromatic rings. The quantitative estimate of drug-likeness (QED) is 0.629. The lowest BCUT2D eigenvalue weighted by Gasteiger charge is -2.05. The van der Waals surface area contributed by atoms with Crippen LogP contribution >= 0.6 is 0 Å². The van der Waals surface area contributed by atoms with E-state index in [9.17, 15) is 14.0 Å². The topological polar surface area (TPSA) is 55.4 Å². The second kappa shape index (κ2) is 5.85. The fraction of sp³-hybridized carbons (Fsp3) is 0.273. The maximum absolute atomic E-state index is 13.1. The molecule has 0 heterocycles. The first-order valence-electron chi connectivity index (χ1n) is 4.87. The zero-order valence-electron chi connectivity index (χ0n) is 8.83. The number of amides is 1. The number of hydrogen-bond acceptors (Lipinski definition) is 3. The summed E-state index contributed by atoms with van der Waals surface area (Å²) < 4.78 is 17.7. The van der Waals surface area contributed by atoms with Gasteiger partial charge in [0.1, 0.15) is 5.82 Å². The second-order valence-corrected chi connectivity index (χ2v) is 3.07. The van der Waals surface area contributed by atoms with Gasteiger partial charge in [0.15, 0.2) is 0 Å². The minimum atomic E-state index is -1.01. The van der Waals surface area contributed by atoms with Crippen LogP contribution in [0.5, 0.6) is 0 Å². The SMILES string of the molecule is CCCOC(=O)C(=O)Nc1ccccc1F. The van der Waals surface area contributed by atoms with Crippen LogP contribution in [0.2, 0.25) is 0 Å². The molecule has 1 N–H and O–H groups in total. The van der Waals surface area contributed by atoms with Crippen molar-refractivity contribution in [3.8, 4) is 0 Å². The van der Waals surface area contributed by atoms with Gasteiger partial charge in [-0.15, -0.1) is 0 Å². The highest BCUT2D eigenvalue weighted by Gasteiger charge is 2.16. The molecule has 0 fully saturated rings. The van der Waals surface area contributed by atoms with E-state index < -0.39 is 17.7 Å². The number of hydrogen-bond donors (Lipinski definition) is 1. The Morgan fingerprint density at radius 2 is 2.06 bits per heavy atom. The first-order valence-corrected chi connectivity index (χ1v) is 4.87. The van der Waals surface area contributed by atoms with Crippen molar-refractivity contribution in [2.45, 2.75) is 13.3 Å². The number of halogens is 1. The summed E-state index contributed by atoms with van der Waals surface area (Å²) in [4.78, 5) is 22.3. The van der Waals surface area contributed by atoms with Gasteiger partial charge in [-0.25, -0.2) is 9.18 Å². The summed E-state index contributed by atoms with van der Waals surface area (Å²) in [5.74, 6) is -2.58. The lowest BCUT2D eigenvalue weighted by molar-refractivity contribution is -0.152. The number of carbonyl (C=O) groups excluding carboxylic acids is 2. The highest BCUT2D eigenvalue weighted by Crippen LogP contribution is 2.12. The number of carbonyl (C=O) groups is 2. The lowest BCUT2D eigenvalue weighted by atomic mass is 10.3. The maximum atomic E-state index is 13.1. The zero-order chi connectivity index (χ0) is 12.0.